The van der Waals surface area contributed by atoms with Gasteiger partial charge in [-0.3, -0.25) is 4.79 Å². The number of carbonyl (C=O) groups excluding carboxylic acids is 2. The van der Waals surface area contributed by atoms with E-state index in [1.54, 1.807) is 13.1 Å². The SMILES string of the molecule is CNC(=O)/C(=N/OC)c1ccccc1COc1cc(C)ccc1C.CO/N=C(/C(=O)OC)c1ccccc1COc1cc(C)ccc1C. The van der Waals surface area contributed by atoms with E-state index in [0.29, 0.717) is 24.3 Å². The molecule has 4 aromatic carbocycles. The fourth-order valence-electron chi connectivity index (χ4n) is 4.60. The summed E-state index contributed by atoms with van der Waals surface area (Å²) in [5, 5.41) is 10.2. The number of nitrogens with one attached hydrogen (secondary N) is 1. The molecule has 10 nitrogen and oxygen atoms in total. The van der Waals surface area contributed by atoms with Crippen molar-refractivity contribution in [3.05, 3.63) is 129 Å². The normalized spacial score (nSPS) is 11.1. The number of benzene rings is 4. The summed E-state index contributed by atoms with van der Waals surface area (Å²) in [7, 11) is 5.67. The Morgan fingerprint density at radius 1 is 0.625 bits per heavy atom. The molecule has 0 spiro atoms. The van der Waals surface area contributed by atoms with Crippen LogP contribution in [0.3, 0.4) is 0 Å². The molecule has 0 saturated carbocycles. The van der Waals surface area contributed by atoms with Crippen molar-refractivity contribution in [1.29, 1.82) is 0 Å². The van der Waals surface area contributed by atoms with Gasteiger partial charge >= 0.3 is 5.97 Å². The Kier molecular flexibility index (Phi) is 14.2. The Bertz CT molecular complexity index is 1640. The highest BCUT2D eigenvalue weighted by molar-refractivity contribution is 6.45. The summed E-state index contributed by atoms with van der Waals surface area (Å²) in [4.78, 5) is 33.6. The number of rotatable bonds is 12. The van der Waals surface area contributed by atoms with E-state index in [2.05, 4.69) is 15.6 Å². The molecule has 10 heteroatoms. The molecule has 0 aromatic heterocycles. The van der Waals surface area contributed by atoms with Gasteiger partial charge in [0, 0.05) is 18.2 Å². The third-order valence-corrected chi connectivity index (χ3v) is 7.18. The van der Waals surface area contributed by atoms with E-state index in [-0.39, 0.29) is 17.3 Å². The van der Waals surface area contributed by atoms with E-state index in [0.717, 1.165) is 44.9 Å². The number of likely N-dealkylation sites (N-methyl/N-ethyl adjacent to an activating group) is 1. The van der Waals surface area contributed by atoms with Crippen molar-refractivity contribution >= 4 is 23.3 Å². The number of esters is 1. The van der Waals surface area contributed by atoms with Crippen LogP contribution in [-0.2, 0) is 37.2 Å². The lowest BCUT2D eigenvalue weighted by Gasteiger charge is -2.13. The molecule has 0 heterocycles. The number of oxime groups is 2. The van der Waals surface area contributed by atoms with E-state index in [9.17, 15) is 9.59 Å². The van der Waals surface area contributed by atoms with Gasteiger partial charge in [0.1, 0.15) is 38.9 Å². The van der Waals surface area contributed by atoms with Gasteiger partial charge in [-0.15, -0.1) is 0 Å². The van der Waals surface area contributed by atoms with E-state index in [1.807, 2.05) is 107 Å². The largest absolute Gasteiger partial charge is 0.489 e. The molecule has 0 unspecified atom stereocenters. The Hall–Kier alpha value is -5.64. The summed E-state index contributed by atoms with van der Waals surface area (Å²) in [5.74, 6) is 0.773. The summed E-state index contributed by atoms with van der Waals surface area (Å²) < 4.78 is 16.7. The minimum Gasteiger partial charge on any atom is -0.489 e. The predicted molar refractivity (Wildman–Crippen MR) is 187 cm³/mol. The first kappa shape index (κ1) is 36.8. The minimum absolute atomic E-state index is 0.111. The Labute approximate surface area is 282 Å². The van der Waals surface area contributed by atoms with Gasteiger partial charge in [0.05, 0.1) is 7.11 Å². The van der Waals surface area contributed by atoms with Crippen LogP contribution in [0.15, 0.2) is 95.2 Å². The van der Waals surface area contributed by atoms with Gasteiger partial charge < -0.3 is 29.2 Å². The van der Waals surface area contributed by atoms with Crippen LogP contribution in [0.4, 0.5) is 0 Å². The molecule has 0 fully saturated rings. The summed E-state index contributed by atoms with van der Waals surface area (Å²) in [6, 6.07) is 27.0. The number of amides is 1. The zero-order valence-electron chi connectivity index (χ0n) is 28.7. The molecule has 0 bridgehead atoms. The number of methoxy groups -OCH3 is 1. The Morgan fingerprint density at radius 3 is 1.50 bits per heavy atom. The third-order valence-electron chi connectivity index (χ3n) is 7.18. The molecule has 0 saturated heterocycles. The summed E-state index contributed by atoms with van der Waals surface area (Å²) in [6.45, 7) is 8.67. The Balaban J connectivity index is 0.000000260. The van der Waals surface area contributed by atoms with Crippen LogP contribution < -0.4 is 14.8 Å². The molecule has 0 radical (unpaired) electrons. The predicted octanol–water partition coefficient (Wildman–Crippen LogP) is 6.38. The van der Waals surface area contributed by atoms with Crippen LogP contribution >= 0.6 is 0 Å². The maximum absolute atomic E-state index is 12.1. The lowest BCUT2D eigenvalue weighted by atomic mass is 10.0. The molecule has 252 valence electrons. The quantitative estimate of drug-likeness (QED) is 0.107. The summed E-state index contributed by atoms with van der Waals surface area (Å²) in [6.07, 6.45) is 0. The molecule has 4 rings (SSSR count). The second kappa shape index (κ2) is 18.5. The van der Waals surface area contributed by atoms with E-state index in [4.69, 9.17) is 23.9 Å². The topological polar surface area (TPSA) is 117 Å². The van der Waals surface area contributed by atoms with Gasteiger partial charge in [-0.25, -0.2) is 4.79 Å². The number of ether oxygens (including phenoxy) is 3. The van der Waals surface area contributed by atoms with Crippen LogP contribution in [0.1, 0.15) is 44.5 Å². The van der Waals surface area contributed by atoms with Crippen LogP contribution in [0.5, 0.6) is 11.5 Å². The number of aryl methyl sites for hydroxylation is 4. The van der Waals surface area contributed by atoms with Crippen LogP contribution in [0.25, 0.3) is 0 Å². The van der Waals surface area contributed by atoms with Gasteiger partial charge in [-0.05, 0) is 73.2 Å². The van der Waals surface area contributed by atoms with Crippen molar-refractivity contribution in [2.75, 3.05) is 28.4 Å². The molecule has 1 amide bonds. The van der Waals surface area contributed by atoms with E-state index < -0.39 is 5.97 Å². The van der Waals surface area contributed by atoms with Gasteiger partial charge in [0.2, 0.25) is 0 Å². The first-order valence-electron chi connectivity index (χ1n) is 15.2. The summed E-state index contributed by atoms with van der Waals surface area (Å²) in [5.41, 5.74) is 7.70. The molecule has 0 atom stereocenters. The van der Waals surface area contributed by atoms with E-state index >= 15 is 0 Å². The Morgan fingerprint density at radius 2 is 1.06 bits per heavy atom. The highest BCUT2D eigenvalue weighted by atomic mass is 16.6. The molecule has 48 heavy (non-hydrogen) atoms. The standard InChI is InChI=1S/C19H22N2O3.C19H21NO4/c1-13-9-10-14(2)17(11-13)24-12-15-7-5-6-8-16(15)18(21-23-4)19(22)20-3;1-13-9-10-14(2)17(11-13)24-12-15-7-5-6-8-16(15)18(20-23-4)19(21)22-3/h5-11H,12H2,1-4H3,(H,20,22);5-11H,12H2,1-4H3/b21-18+;20-18+. The molecule has 0 aliphatic heterocycles. The molecule has 1 N–H and O–H groups in total. The highest BCUT2D eigenvalue weighted by Crippen LogP contribution is 2.23. The van der Waals surface area contributed by atoms with Crippen molar-refractivity contribution in [1.82, 2.24) is 5.32 Å². The minimum atomic E-state index is -0.559. The number of carbonyl (C=O) groups is 2. The lowest BCUT2D eigenvalue weighted by Crippen LogP contribution is -2.29. The van der Waals surface area contributed by atoms with E-state index in [1.165, 1.54) is 21.3 Å². The van der Waals surface area contributed by atoms with Crippen molar-refractivity contribution < 1.29 is 33.5 Å². The molecule has 4 aromatic rings. The fourth-order valence-corrected chi connectivity index (χ4v) is 4.60. The average molecular weight is 654 g/mol. The smallest absolute Gasteiger partial charge is 0.360 e. The second-order valence-electron chi connectivity index (χ2n) is 10.7. The fraction of sp³-hybridized carbons (Fsp3) is 0.263. The van der Waals surface area contributed by atoms with Crippen LogP contribution in [0.2, 0.25) is 0 Å². The molecule has 0 aliphatic carbocycles. The first-order valence-corrected chi connectivity index (χ1v) is 15.2. The van der Waals surface area contributed by atoms with Crippen LogP contribution in [0, 0.1) is 27.7 Å². The first-order chi connectivity index (χ1) is 23.1. The van der Waals surface area contributed by atoms with Gasteiger partial charge in [-0.2, -0.15) is 0 Å². The second-order valence-corrected chi connectivity index (χ2v) is 10.7. The van der Waals surface area contributed by atoms with Crippen molar-refractivity contribution in [3.8, 4) is 11.5 Å². The van der Waals surface area contributed by atoms with Gasteiger partial charge in [0.25, 0.3) is 5.91 Å². The van der Waals surface area contributed by atoms with Gasteiger partial charge in [-0.1, -0.05) is 83.1 Å². The number of hydrogen-bond acceptors (Lipinski definition) is 9. The van der Waals surface area contributed by atoms with Crippen molar-refractivity contribution in [2.24, 2.45) is 10.3 Å². The zero-order chi connectivity index (χ0) is 35.1. The lowest BCUT2D eigenvalue weighted by molar-refractivity contribution is -0.132. The number of nitrogens with zero attached hydrogens (tertiary/aromatic N) is 2. The molecule has 0 aliphatic rings. The van der Waals surface area contributed by atoms with Crippen molar-refractivity contribution in [3.63, 3.8) is 0 Å². The maximum atomic E-state index is 12.1. The third kappa shape index (κ3) is 10.2. The maximum Gasteiger partial charge on any atom is 0.360 e. The molecular formula is C38H43N3O7. The highest BCUT2D eigenvalue weighted by Gasteiger charge is 2.20. The molecular weight excluding hydrogens is 610 g/mol. The zero-order valence-corrected chi connectivity index (χ0v) is 28.7. The van der Waals surface area contributed by atoms with Gasteiger partial charge in [0.15, 0.2) is 11.4 Å². The monoisotopic (exact) mass is 653 g/mol. The van der Waals surface area contributed by atoms with Crippen molar-refractivity contribution in [2.45, 2.75) is 40.9 Å². The summed E-state index contributed by atoms with van der Waals surface area (Å²) >= 11 is 0. The van der Waals surface area contributed by atoms with Crippen LogP contribution in [-0.4, -0.2) is 51.7 Å². The number of hydrogen-bond donors (Lipinski definition) is 1. The average Bonchev–Trinajstić information content (AvgIpc) is 3.10.